The Labute approximate surface area is 286 Å². The molecule has 1 atom stereocenters. The first-order chi connectivity index (χ1) is 24.1. The molecule has 1 unspecified atom stereocenters. The number of hydrogen-bond donors (Lipinski definition) is 0. The molecule has 0 N–H and O–H groups in total. The summed E-state index contributed by atoms with van der Waals surface area (Å²) in [5.41, 5.74) is 12.6. The van der Waals surface area contributed by atoms with Crippen molar-refractivity contribution in [3.05, 3.63) is 217 Å². The van der Waals surface area contributed by atoms with Gasteiger partial charge < -0.3 is 0 Å². The molecule has 1 spiro atoms. The number of nitrogens with zero attached hydrogens (tertiary/aromatic N) is 1. The number of aromatic nitrogens is 1. The molecule has 0 saturated carbocycles. The molecular weight excluding hydrogens is 591 g/mol. The second-order valence-corrected chi connectivity index (χ2v) is 12.9. The molecule has 7 aromatic rings. The summed E-state index contributed by atoms with van der Waals surface area (Å²) in [6, 6.07) is 43.6. The molecule has 0 radical (unpaired) electrons. The zero-order chi connectivity index (χ0) is 33.3. The lowest BCUT2D eigenvalue weighted by molar-refractivity contribution is 0.774. The molecule has 2 aliphatic rings. The number of hydrogen-bond acceptors (Lipinski definition) is 1. The normalized spacial score (nSPS) is 16.9. The van der Waals surface area contributed by atoms with Gasteiger partial charge in [0.25, 0.3) is 0 Å². The number of pyridine rings is 1. The minimum Gasteiger partial charge on any atom is -0.256 e. The molecule has 49 heavy (non-hydrogen) atoms. The molecule has 0 saturated heterocycles. The number of benzene rings is 6. The molecule has 9 rings (SSSR count). The van der Waals surface area contributed by atoms with Crippen molar-refractivity contribution >= 4 is 49.0 Å². The van der Waals surface area contributed by atoms with Crippen molar-refractivity contribution in [2.24, 2.45) is 0 Å². The molecule has 1 nitrogen and oxygen atoms in total. The van der Waals surface area contributed by atoms with Crippen LogP contribution in [0.15, 0.2) is 184 Å². The lowest BCUT2D eigenvalue weighted by Gasteiger charge is -2.39. The smallest absolute Gasteiger partial charge is 0.0753 e. The minimum absolute atomic E-state index is 0.594. The Kier molecular flexibility index (Phi) is 6.41. The lowest BCUT2D eigenvalue weighted by Crippen LogP contribution is -2.31. The van der Waals surface area contributed by atoms with Gasteiger partial charge in [0.2, 0.25) is 0 Å². The summed E-state index contributed by atoms with van der Waals surface area (Å²) in [5.74, 6) is 0. The minimum atomic E-state index is -0.594. The first kappa shape index (κ1) is 28.9. The van der Waals surface area contributed by atoms with Gasteiger partial charge in [-0.3, -0.25) is 4.98 Å². The number of fused-ring (bicyclic) bond motifs is 8. The van der Waals surface area contributed by atoms with Crippen LogP contribution in [0, 0.1) is 0 Å². The largest absolute Gasteiger partial charge is 0.256 e. The average Bonchev–Trinajstić information content (AvgIpc) is 3.38. The van der Waals surface area contributed by atoms with E-state index in [2.05, 4.69) is 141 Å². The van der Waals surface area contributed by atoms with Gasteiger partial charge in [-0.25, -0.2) is 0 Å². The molecule has 6 aromatic carbocycles. The summed E-state index contributed by atoms with van der Waals surface area (Å²) in [6.45, 7) is 18.1. The van der Waals surface area contributed by atoms with E-state index in [0.29, 0.717) is 0 Å². The highest BCUT2D eigenvalue weighted by Crippen LogP contribution is 2.62. The Bertz CT molecular complexity index is 2620. The van der Waals surface area contributed by atoms with Crippen molar-refractivity contribution in [1.29, 1.82) is 0 Å². The van der Waals surface area contributed by atoms with Gasteiger partial charge in [0.1, 0.15) is 0 Å². The van der Waals surface area contributed by atoms with Crippen LogP contribution in [0.2, 0.25) is 0 Å². The highest BCUT2D eigenvalue weighted by atomic mass is 14.7. The second kappa shape index (κ2) is 10.9. The molecule has 0 amide bonds. The van der Waals surface area contributed by atoms with Crippen molar-refractivity contribution in [1.82, 2.24) is 4.98 Å². The number of rotatable bonds is 5. The summed E-state index contributed by atoms with van der Waals surface area (Å²) >= 11 is 0. The van der Waals surface area contributed by atoms with E-state index in [1.165, 1.54) is 33.0 Å². The van der Waals surface area contributed by atoms with Crippen molar-refractivity contribution < 1.29 is 0 Å². The van der Waals surface area contributed by atoms with Crippen LogP contribution in [-0.4, -0.2) is 4.98 Å². The highest BCUT2D eigenvalue weighted by molar-refractivity contribution is 6.18. The fourth-order valence-electron chi connectivity index (χ4n) is 8.60. The third-order valence-electron chi connectivity index (χ3n) is 10.5. The maximum absolute atomic E-state index is 5.07. The third kappa shape index (κ3) is 3.90. The van der Waals surface area contributed by atoms with Gasteiger partial charge >= 0.3 is 0 Å². The van der Waals surface area contributed by atoms with Crippen LogP contribution in [0.1, 0.15) is 33.5 Å². The maximum atomic E-state index is 5.07. The van der Waals surface area contributed by atoms with Gasteiger partial charge in [-0.05, 0) is 100 Å². The molecule has 1 heterocycles. The molecule has 2 aliphatic carbocycles. The summed E-state index contributed by atoms with van der Waals surface area (Å²) < 4.78 is 0. The molecular formula is C48H33N. The van der Waals surface area contributed by atoms with Crippen LogP contribution in [0.25, 0.3) is 60.2 Å². The van der Waals surface area contributed by atoms with E-state index in [4.69, 9.17) is 18.1 Å². The van der Waals surface area contributed by atoms with E-state index in [0.717, 1.165) is 66.2 Å². The lowest BCUT2D eigenvalue weighted by atomic mass is 9.61. The van der Waals surface area contributed by atoms with E-state index >= 15 is 0 Å². The van der Waals surface area contributed by atoms with E-state index in [1.54, 1.807) is 6.08 Å². The Morgan fingerprint density at radius 2 is 1.16 bits per heavy atom. The zero-order valence-corrected chi connectivity index (χ0v) is 27.2. The first-order valence-corrected chi connectivity index (χ1v) is 16.7. The van der Waals surface area contributed by atoms with E-state index in [9.17, 15) is 0 Å². The predicted octanol–water partition coefficient (Wildman–Crippen LogP) is 12.3. The van der Waals surface area contributed by atoms with Crippen molar-refractivity contribution in [3.8, 4) is 11.1 Å². The third-order valence-corrected chi connectivity index (χ3v) is 10.5. The molecule has 0 aliphatic heterocycles. The topological polar surface area (TPSA) is 12.9 Å². The van der Waals surface area contributed by atoms with Crippen LogP contribution >= 0.6 is 0 Å². The number of allylic oxidation sites excluding steroid dienone is 8. The predicted molar refractivity (Wildman–Crippen MR) is 209 cm³/mol. The van der Waals surface area contributed by atoms with Crippen LogP contribution < -0.4 is 0 Å². The van der Waals surface area contributed by atoms with Gasteiger partial charge in [-0.15, -0.1) is 0 Å². The van der Waals surface area contributed by atoms with E-state index in [1.807, 2.05) is 18.3 Å². The molecule has 1 heteroatoms. The summed E-state index contributed by atoms with van der Waals surface area (Å²) in [6.07, 6.45) is 9.88. The van der Waals surface area contributed by atoms with Crippen LogP contribution in [0.3, 0.4) is 0 Å². The molecule has 1 aromatic heterocycles. The standard InChI is InChI=1S/C48H33N/c1-5-6-16-30(2)44-36-20-7-9-22-38(36)45(39-23-10-8-21-37(39)44)31(3)29-40-32(4)48(43-27-15-28-49-47(40)43)41-25-12-11-19-34(41)35-24-13-17-33-18-14-26-42(48)46(33)35/h5-29H,1-4H2/b16-6-,40-29+. The molecule has 0 fully saturated rings. The van der Waals surface area contributed by atoms with Crippen LogP contribution in [0.5, 0.6) is 0 Å². The summed E-state index contributed by atoms with van der Waals surface area (Å²) in [5, 5.41) is 7.04. The maximum Gasteiger partial charge on any atom is 0.0753 e. The van der Waals surface area contributed by atoms with Crippen LogP contribution in [-0.2, 0) is 5.41 Å². The first-order valence-electron chi connectivity index (χ1n) is 16.7. The molecule has 230 valence electrons. The van der Waals surface area contributed by atoms with Gasteiger partial charge in [0, 0.05) is 11.8 Å². The van der Waals surface area contributed by atoms with Crippen molar-refractivity contribution in [2.45, 2.75) is 5.41 Å². The van der Waals surface area contributed by atoms with Gasteiger partial charge in [0.15, 0.2) is 0 Å². The second-order valence-electron chi connectivity index (χ2n) is 12.9. The Morgan fingerprint density at radius 3 is 1.86 bits per heavy atom. The highest BCUT2D eigenvalue weighted by Gasteiger charge is 2.51. The Morgan fingerprint density at radius 1 is 0.592 bits per heavy atom. The average molecular weight is 624 g/mol. The zero-order valence-electron chi connectivity index (χ0n) is 27.2. The Balaban J connectivity index is 1.32. The van der Waals surface area contributed by atoms with Crippen molar-refractivity contribution in [2.75, 3.05) is 0 Å². The Hall–Kier alpha value is -6.31. The van der Waals surface area contributed by atoms with Gasteiger partial charge in [0.05, 0.1) is 11.1 Å². The summed E-state index contributed by atoms with van der Waals surface area (Å²) in [7, 11) is 0. The molecule has 0 bridgehead atoms. The quantitative estimate of drug-likeness (QED) is 0.137. The SMILES string of the molecule is C=C/C=C\C(=C)c1c2ccccc2c(C(=C)/C=C2\C(=C)C3(c4ccccc4-c4cccc5cccc3c45)c3cccnc32)c2ccccc12. The van der Waals surface area contributed by atoms with Crippen molar-refractivity contribution in [3.63, 3.8) is 0 Å². The monoisotopic (exact) mass is 623 g/mol. The summed E-state index contributed by atoms with van der Waals surface area (Å²) in [4.78, 5) is 5.07. The van der Waals surface area contributed by atoms with Gasteiger partial charge in [-0.2, -0.15) is 0 Å². The van der Waals surface area contributed by atoms with E-state index in [-0.39, 0.29) is 0 Å². The van der Waals surface area contributed by atoms with Crippen LogP contribution in [0.4, 0.5) is 0 Å². The fraction of sp³-hybridized carbons (Fsp3) is 0.0208. The van der Waals surface area contributed by atoms with E-state index < -0.39 is 5.41 Å². The fourth-order valence-corrected chi connectivity index (χ4v) is 8.60. The van der Waals surface area contributed by atoms with Gasteiger partial charge in [-0.1, -0.05) is 160 Å².